The Balaban J connectivity index is 0.000001000. The first kappa shape index (κ1) is 11.6. The summed E-state index contributed by atoms with van der Waals surface area (Å²) in [5.41, 5.74) is 0. The summed E-state index contributed by atoms with van der Waals surface area (Å²) in [6, 6.07) is 0.834. The minimum Gasteiger partial charge on any atom is -0.314 e. The van der Waals surface area contributed by atoms with Crippen molar-refractivity contribution in [2.45, 2.75) is 31.7 Å². The summed E-state index contributed by atoms with van der Waals surface area (Å²) < 4.78 is 0. The number of nitrogens with one attached hydrogen (secondary N) is 1. The lowest BCUT2D eigenvalue weighted by molar-refractivity contribution is 0.395. The fourth-order valence-electron chi connectivity index (χ4n) is 1.43. The van der Waals surface area contributed by atoms with Crippen molar-refractivity contribution in [1.82, 2.24) is 5.32 Å². The Labute approximate surface area is 80.1 Å². The molecule has 0 aliphatic carbocycles. The van der Waals surface area contributed by atoms with Crippen LogP contribution in [0.1, 0.15) is 25.7 Å². The molecule has 3 heteroatoms. The Kier molecular flexibility index (Phi) is 7.66. The quantitative estimate of drug-likeness (QED) is 0.742. The van der Waals surface area contributed by atoms with Crippen LogP contribution in [0, 0.1) is 0 Å². The molecule has 11 heavy (non-hydrogen) atoms. The zero-order valence-electron chi connectivity index (χ0n) is 7.14. The van der Waals surface area contributed by atoms with E-state index in [-0.39, 0.29) is 12.4 Å². The van der Waals surface area contributed by atoms with Crippen LogP contribution in [0.3, 0.4) is 0 Å². The van der Waals surface area contributed by atoms with Gasteiger partial charge in [0.15, 0.2) is 0 Å². The summed E-state index contributed by atoms with van der Waals surface area (Å²) in [6.45, 7) is 1.25. The highest BCUT2D eigenvalue weighted by Gasteiger charge is 2.10. The number of rotatable bonds is 3. The van der Waals surface area contributed by atoms with Gasteiger partial charge in [-0.05, 0) is 37.8 Å². The van der Waals surface area contributed by atoms with Gasteiger partial charge in [0.1, 0.15) is 0 Å². The zero-order chi connectivity index (χ0) is 7.23. The maximum atomic E-state index is 3.54. The minimum atomic E-state index is 0. The standard InChI is InChI=1S/C8H17NS.ClH/c1-10-7-5-8-4-2-3-6-9-8;/h8-9H,2-7H2,1H3;1H. The second-order valence-electron chi connectivity index (χ2n) is 2.93. The smallest absolute Gasteiger partial charge is 0.00749 e. The maximum absolute atomic E-state index is 3.54. The highest BCUT2D eigenvalue weighted by molar-refractivity contribution is 7.98. The summed E-state index contributed by atoms with van der Waals surface area (Å²) in [5, 5.41) is 3.54. The Hall–Kier alpha value is 0.600. The Morgan fingerprint density at radius 1 is 1.45 bits per heavy atom. The van der Waals surface area contributed by atoms with Crippen molar-refractivity contribution in [2.24, 2.45) is 0 Å². The van der Waals surface area contributed by atoms with Crippen molar-refractivity contribution >= 4 is 24.2 Å². The maximum Gasteiger partial charge on any atom is 0.00749 e. The first-order chi connectivity index (χ1) is 4.93. The SMILES string of the molecule is CSCCC1CCCCN1.Cl. The number of hydrogen-bond donors (Lipinski definition) is 1. The highest BCUT2D eigenvalue weighted by atomic mass is 35.5. The molecule has 1 aliphatic rings. The number of hydrogen-bond acceptors (Lipinski definition) is 2. The van der Waals surface area contributed by atoms with Gasteiger partial charge in [-0.25, -0.2) is 0 Å². The van der Waals surface area contributed by atoms with E-state index in [0.29, 0.717) is 0 Å². The van der Waals surface area contributed by atoms with Crippen molar-refractivity contribution in [1.29, 1.82) is 0 Å². The van der Waals surface area contributed by atoms with Gasteiger partial charge in [-0.2, -0.15) is 11.8 Å². The third-order valence-corrected chi connectivity index (χ3v) is 2.73. The number of piperidine rings is 1. The molecule has 1 nitrogen and oxygen atoms in total. The first-order valence-electron chi connectivity index (χ1n) is 4.16. The van der Waals surface area contributed by atoms with Crippen molar-refractivity contribution < 1.29 is 0 Å². The average Bonchev–Trinajstić information content (AvgIpc) is 2.03. The molecule has 0 spiro atoms. The molecule has 68 valence electrons. The summed E-state index contributed by atoms with van der Waals surface area (Å²) in [6.07, 6.45) is 7.77. The molecule has 1 atom stereocenters. The molecule has 0 aromatic rings. The lowest BCUT2D eigenvalue weighted by Gasteiger charge is -2.22. The van der Waals surface area contributed by atoms with Crippen LogP contribution in [0.5, 0.6) is 0 Å². The molecule has 1 fully saturated rings. The van der Waals surface area contributed by atoms with E-state index in [9.17, 15) is 0 Å². The average molecular weight is 196 g/mol. The molecular formula is C8H18ClNS. The van der Waals surface area contributed by atoms with Gasteiger partial charge >= 0.3 is 0 Å². The fourth-order valence-corrected chi connectivity index (χ4v) is 1.95. The topological polar surface area (TPSA) is 12.0 Å². The largest absolute Gasteiger partial charge is 0.314 e. The third-order valence-electron chi connectivity index (χ3n) is 2.08. The number of halogens is 1. The van der Waals surface area contributed by atoms with Crippen LogP contribution in [0.15, 0.2) is 0 Å². The molecule has 1 saturated heterocycles. The molecule has 1 heterocycles. The van der Waals surface area contributed by atoms with Gasteiger partial charge < -0.3 is 5.32 Å². The van der Waals surface area contributed by atoms with Gasteiger partial charge in [0.05, 0.1) is 0 Å². The van der Waals surface area contributed by atoms with Gasteiger partial charge in [-0.15, -0.1) is 12.4 Å². The first-order valence-corrected chi connectivity index (χ1v) is 5.55. The lowest BCUT2D eigenvalue weighted by Crippen LogP contribution is -2.34. The van der Waals surface area contributed by atoms with Crippen LogP contribution in [-0.4, -0.2) is 24.6 Å². The zero-order valence-corrected chi connectivity index (χ0v) is 8.77. The monoisotopic (exact) mass is 195 g/mol. The predicted octanol–water partition coefficient (Wildman–Crippen LogP) is 2.30. The summed E-state index contributed by atoms with van der Waals surface area (Å²) in [5.74, 6) is 1.32. The van der Waals surface area contributed by atoms with E-state index in [1.807, 2.05) is 11.8 Å². The van der Waals surface area contributed by atoms with E-state index in [1.165, 1.54) is 38.0 Å². The fraction of sp³-hybridized carbons (Fsp3) is 1.00. The molecule has 0 radical (unpaired) electrons. The number of thioether (sulfide) groups is 1. The molecule has 0 saturated carbocycles. The lowest BCUT2D eigenvalue weighted by atomic mass is 10.0. The van der Waals surface area contributed by atoms with Gasteiger partial charge in [0, 0.05) is 6.04 Å². The van der Waals surface area contributed by atoms with Crippen molar-refractivity contribution in [3.05, 3.63) is 0 Å². The Bertz CT molecular complexity index is 84.2. The van der Waals surface area contributed by atoms with Gasteiger partial charge in [-0.1, -0.05) is 6.42 Å². The van der Waals surface area contributed by atoms with Crippen LogP contribution in [0.25, 0.3) is 0 Å². The van der Waals surface area contributed by atoms with Crippen molar-refractivity contribution in [3.63, 3.8) is 0 Å². The van der Waals surface area contributed by atoms with Gasteiger partial charge in [0.2, 0.25) is 0 Å². The summed E-state index contributed by atoms with van der Waals surface area (Å²) >= 11 is 1.96. The van der Waals surface area contributed by atoms with Crippen LogP contribution < -0.4 is 5.32 Å². The summed E-state index contributed by atoms with van der Waals surface area (Å²) in [4.78, 5) is 0. The van der Waals surface area contributed by atoms with Crippen LogP contribution in [-0.2, 0) is 0 Å². The van der Waals surface area contributed by atoms with E-state index in [4.69, 9.17) is 0 Å². The van der Waals surface area contributed by atoms with E-state index in [1.54, 1.807) is 0 Å². The second kappa shape index (κ2) is 7.26. The van der Waals surface area contributed by atoms with Gasteiger partial charge in [-0.3, -0.25) is 0 Å². The van der Waals surface area contributed by atoms with Crippen LogP contribution >= 0.6 is 24.2 Å². The second-order valence-corrected chi connectivity index (χ2v) is 3.91. The normalized spacial score (nSPS) is 24.3. The molecule has 1 rings (SSSR count). The van der Waals surface area contributed by atoms with E-state index in [0.717, 1.165) is 6.04 Å². The molecule has 1 aliphatic heterocycles. The molecule has 1 unspecified atom stereocenters. The van der Waals surface area contributed by atoms with E-state index < -0.39 is 0 Å². The molecule has 0 aromatic carbocycles. The van der Waals surface area contributed by atoms with Crippen LogP contribution in [0.4, 0.5) is 0 Å². The minimum absolute atomic E-state index is 0. The van der Waals surface area contributed by atoms with Crippen molar-refractivity contribution in [3.8, 4) is 0 Å². The third kappa shape index (κ3) is 4.94. The van der Waals surface area contributed by atoms with E-state index in [2.05, 4.69) is 11.6 Å². The van der Waals surface area contributed by atoms with Crippen LogP contribution in [0.2, 0.25) is 0 Å². The van der Waals surface area contributed by atoms with Gasteiger partial charge in [0.25, 0.3) is 0 Å². The van der Waals surface area contributed by atoms with E-state index >= 15 is 0 Å². The molecule has 1 N–H and O–H groups in total. The highest BCUT2D eigenvalue weighted by Crippen LogP contribution is 2.11. The Morgan fingerprint density at radius 2 is 2.27 bits per heavy atom. The molecule has 0 amide bonds. The van der Waals surface area contributed by atoms with Crippen molar-refractivity contribution in [2.75, 3.05) is 18.6 Å². The Morgan fingerprint density at radius 3 is 2.82 bits per heavy atom. The molecular weight excluding hydrogens is 178 g/mol. The predicted molar refractivity (Wildman–Crippen MR) is 55.9 cm³/mol. The molecule has 0 aromatic heterocycles. The molecule has 0 bridgehead atoms. The summed E-state index contributed by atoms with van der Waals surface area (Å²) in [7, 11) is 0.